The van der Waals surface area contributed by atoms with Crippen LogP contribution in [0.4, 0.5) is 11.5 Å². The summed E-state index contributed by atoms with van der Waals surface area (Å²) in [5.74, 6) is 1.99. The van der Waals surface area contributed by atoms with Crippen LogP contribution < -0.4 is 10.1 Å². The fraction of sp³-hybridized carbons (Fsp3) is 0.286. The summed E-state index contributed by atoms with van der Waals surface area (Å²) in [7, 11) is 1.58. The van der Waals surface area contributed by atoms with E-state index in [0.717, 1.165) is 17.7 Å². The maximum Gasteiger partial charge on any atom is 0.139 e. The smallest absolute Gasteiger partial charge is 0.139 e. The average molecular weight is 312 g/mol. The first-order valence-electron chi connectivity index (χ1n) is 6.18. The highest BCUT2D eigenvalue weighted by Gasteiger charge is 2.10. The second-order valence-electron chi connectivity index (χ2n) is 4.23. The molecule has 0 aliphatic rings. The second-order valence-corrected chi connectivity index (χ2v) is 5.00. The van der Waals surface area contributed by atoms with Gasteiger partial charge in [0.2, 0.25) is 0 Å². The molecule has 2 aromatic rings. The van der Waals surface area contributed by atoms with E-state index in [4.69, 9.17) is 27.9 Å². The number of halogens is 2. The van der Waals surface area contributed by atoms with E-state index >= 15 is 0 Å². The molecular formula is C14H15Cl2N3O. The number of rotatable bonds is 4. The molecule has 0 saturated heterocycles. The maximum atomic E-state index is 6.11. The lowest BCUT2D eigenvalue weighted by Gasteiger charge is -2.12. The first kappa shape index (κ1) is 14.9. The van der Waals surface area contributed by atoms with Crippen molar-refractivity contribution in [3.05, 3.63) is 39.8 Å². The number of ether oxygens (including phenoxy) is 1. The zero-order chi connectivity index (χ0) is 14.7. The molecule has 1 heterocycles. The molecule has 0 bridgehead atoms. The van der Waals surface area contributed by atoms with Gasteiger partial charge in [0.05, 0.1) is 12.1 Å². The molecule has 0 spiro atoms. The number of aryl methyl sites for hydroxylation is 1. The minimum absolute atomic E-state index is 0.459. The van der Waals surface area contributed by atoms with Gasteiger partial charge in [-0.1, -0.05) is 30.1 Å². The standard InChI is InChI=1S/C14H15Cl2N3O/c1-4-12-18-13(16)8(2)14(19-12)17-9-5-6-10(15)11(7-9)20-3/h5-7H,4H2,1-3H3,(H,17,18,19). The Labute approximate surface area is 128 Å². The highest BCUT2D eigenvalue weighted by molar-refractivity contribution is 6.32. The van der Waals surface area contributed by atoms with Crippen molar-refractivity contribution in [2.75, 3.05) is 12.4 Å². The molecule has 6 heteroatoms. The number of nitrogens with one attached hydrogen (secondary N) is 1. The quantitative estimate of drug-likeness (QED) is 0.850. The Morgan fingerprint density at radius 2 is 2.00 bits per heavy atom. The molecule has 4 nitrogen and oxygen atoms in total. The monoisotopic (exact) mass is 311 g/mol. The van der Waals surface area contributed by atoms with Crippen LogP contribution in [0, 0.1) is 6.92 Å². The Morgan fingerprint density at radius 1 is 1.25 bits per heavy atom. The third-order valence-corrected chi connectivity index (χ3v) is 3.54. The lowest BCUT2D eigenvalue weighted by atomic mass is 10.2. The van der Waals surface area contributed by atoms with Gasteiger partial charge in [0.15, 0.2) is 0 Å². The van der Waals surface area contributed by atoms with Crippen LogP contribution in [0.3, 0.4) is 0 Å². The van der Waals surface area contributed by atoms with Crippen LogP contribution in [0.1, 0.15) is 18.3 Å². The average Bonchev–Trinajstić information content (AvgIpc) is 2.45. The fourth-order valence-corrected chi connectivity index (χ4v) is 2.07. The van der Waals surface area contributed by atoms with Crippen LogP contribution >= 0.6 is 23.2 Å². The molecule has 0 saturated carbocycles. The predicted octanol–water partition coefficient (Wildman–Crippen LogP) is 4.41. The van der Waals surface area contributed by atoms with Crippen LogP contribution in [0.25, 0.3) is 0 Å². The lowest BCUT2D eigenvalue weighted by Crippen LogP contribution is -2.03. The van der Waals surface area contributed by atoms with Gasteiger partial charge in [0.25, 0.3) is 0 Å². The van der Waals surface area contributed by atoms with Crippen molar-refractivity contribution in [1.82, 2.24) is 9.97 Å². The van der Waals surface area contributed by atoms with Crippen molar-refractivity contribution in [1.29, 1.82) is 0 Å². The van der Waals surface area contributed by atoms with E-state index in [0.29, 0.717) is 27.6 Å². The van der Waals surface area contributed by atoms with Crippen molar-refractivity contribution in [3.63, 3.8) is 0 Å². The van der Waals surface area contributed by atoms with Crippen LogP contribution in [-0.4, -0.2) is 17.1 Å². The van der Waals surface area contributed by atoms with Crippen LogP contribution in [0.2, 0.25) is 10.2 Å². The summed E-state index contributed by atoms with van der Waals surface area (Å²) in [5, 5.41) is 4.23. The third-order valence-electron chi connectivity index (χ3n) is 2.86. The van der Waals surface area contributed by atoms with E-state index in [9.17, 15) is 0 Å². The highest BCUT2D eigenvalue weighted by atomic mass is 35.5. The first-order chi connectivity index (χ1) is 9.55. The van der Waals surface area contributed by atoms with Gasteiger partial charge in [-0.25, -0.2) is 9.97 Å². The third kappa shape index (κ3) is 3.14. The van der Waals surface area contributed by atoms with Crippen LogP contribution in [0.15, 0.2) is 18.2 Å². The van der Waals surface area contributed by atoms with E-state index in [2.05, 4.69) is 15.3 Å². The number of nitrogens with zero attached hydrogens (tertiary/aromatic N) is 2. The topological polar surface area (TPSA) is 47.0 Å². The Balaban J connectivity index is 2.36. The number of benzene rings is 1. The van der Waals surface area contributed by atoms with Gasteiger partial charge in [-0.05, 0) is 19.1 Å². The summed E-state index contributed by atoms with van der Waals surface area (Å²) in [6.45, 7) is 3.85. The molecule has 0 atom stereocenters. The number of hydrogen-bond acceptors (Lipinski definition) is 4. The minimum atomic E-state index is 0.459. The molecule has 2 rings (SSSR count). The van der Waals surface area contributed by atoms with Gasteiger partial charge in [0, 0.05) is 23.7 Å². The molecule has 0 aliphatic carbocycles. The fourth-order valence-electron chi connectivity index (χ4n) is 1.69. The Kier molecular flexibility index (Phi) is 4.68. The zero-order valence-electron chi connectivity index (χ0n) is 11.5. The van der Waals surface area contributed by atoms with Crippen molar-refractivity contribution < 1.29 is 4.74 Å². The number of hydrogen-bond donors (Lipinski definition) is 1. The van der Waals surface area contributed by atoms with E-state index in [-0.39, 0.29) is 0 Å². The lowest BCUT2D eigenvalue weighted by molar-refractivity contribution is 0.415. The Hall–Kier alpha value is -1.52. The van der Waals surface area contributed by atoms with E-state index < -0.39 is 0 Å². The summed E-state index contributed by atoms with van der Waals surface area (Å²) in [5.41, 5.74) is 1.63. The predicted molar refractivity (Wildman–Crippen MR) is 82.4 cm³/mol. The summed E-state index contributed by atoms with van der Waals surface area (Å²) in [6.07, 6.45) is 0.721. The van der Waals surface area contributed by atoms with Crippen LogP contribution in [-0.2, 0) is 6.42 Å². The van der Waals surface area contributed by atoms with Gasteiger partial charge in [-0.15, -0.1) is 0 Å². The molecule has 0 amide bonds. The second kappa shape index (κ2) is 6.29. The minimum Gasteiger partial charge on any atom is -0.495 e. The number of anilines is 2. The van der Waals surface area contributed by atoms with Gasteiger partial charge in [0.1, 0.15) is 22.5 Å². The summed E-state index contributed by atoms with van der Waals surface area (Å²) < 4.78 is 5.19. The molecule has 1 aromatic carbocycles. The van der Waals surface area contributed by atoms with Crippen LogP contribution in [0.5, 0.6) is 5.75 Å². The van der Waals surface area contributed by atoms with Crippen molar-refractivity contribution in [2.24, 2.45) is 0 Å². The van der Waals surface area contributed by atoms with E-state index in [1.165, 1.54) is 0 Å². The van der Waals surface area contributed by atoms with Gasteiger partial charge in [-0.2, -0.15) is 0 Å². The van der Waals surface area contributed by atoms with Crippen molar-refractivity contribution >= 4 is 34.7 Å². The Morgan fingerprint density at radius 3 is 2.65 bits per heavy atom. The van der Waals surface area contributed by atoms with Gasteiger partial charge in [-0.3, -0.25) is 0 Å². The number of methoxy groups -OCH3 is 1. The van der Waals surface area contributed by atoms with Gasteiger partial charge >= 0.3 is 0 Å². The molecule has 0 radical (unpaired) electrons. The molecule has 0 fully saturated rings. The maximum absolute atomic E-state index is 6.11. The highest BCUT2D eigenvalue weighted by Crippen LogP contribution is 2.30. The summed E-state index contributed by atoms with van der Waals surface area (Å²) in [4.78, 5) is 8.65. The summed E-state index contributed by atoms with van der Waals surface area (Å²) >= 11 is 12.1. The largest absolute Gasteiger partial charge is 0.495 e. The molecule has 106 valence electrons. The zero-order valence-corrected chi connectivity index (χ0v) is 13.0. The molecular weight excluding hydrogens is 297 g/mol. The number of aromatic nitrogens is 2. The SMILES string of the molecule is CCc1nc(Cl)c(C)c(Nc2ccc(Cl)c(OC)c2)n1. The Bertz CT molecular complexity index is 632. The van der Waals surface area contributed by atoms with Gasteiger partial charge < -0.3 is 10.1 Å². The first-order valence-corrected chi connectivity index (χ1v) is 6.94. The summed E-state index contributed by atoms with van der Waals surface area (Å²) in [6, 6.07) is 5.43. The van der Waals surface area contributed by atoms with E-state index in [1.807, 2.05) is 26.0 Å². The van der Waals surface area contributed by atoms with Crippen molar-refractivity contribution in [3.8, 4) is 5.75 Å². The molecule has 0 unspecified atom stereocenters. The molecule has 1 N–H and O–H groups in total. The molecule has 20 heavy (non-hydrogen) atoms. The van der Waals surface area contributed by atoms with Crippen molar-refractivity contribution in [2.45, 2.75) is 20.3 Å². The normalized spacial score (nSPS) is 10.4. The van der Waals surface area contributed by atoms with E-state index in [1.54, 1.807) is 13.2 Å². The molecule has 1 aromatic heterocycles. The molecule has 0 aliphatic heterocycles.